The molecule has 2 amide bonds. The van der Waals surface area contributed by atoms with Crippen LogP contribution >= 0.6 is 11.8 Å². The molecule has 0 saturated carbocycles. The molecule has 2 aliphatic heterocycles. The minimum atomic E-state index is -3.43. The van der Waals surface area contributed by atoms with Gasteiger partial charge in [-0.25, -0.2) is 8.42 Å². The second-order valence-electron chi connectivity index (χ2n) is 7.57. The van der Waals surface area contributed by atoms with Crippen LogP contribution in [0.5, 0.6) is 0 Å². The van der Waals surface area contributed by atoms with E-state index in [0.29, 0.717) is 17.3 Å². The Morgan fingerprint density at radius 3 is 2.61 bits per heavy atom. The van der Waals surface area contributed by atoms with Gasteiger partial charge in [-0.3, -0.25) is 9.59 Å². The monoisotopic (exact) mass is 458 g/mol. The fourth-order valence-corrected chi connectivity index (χ4v) is 5.86. The molecule has 10 heteroatoms. The number of benzene rings is 2. The number of hydrogen-bond acceptors (Lipinski definition) is 6. The van der Waals surface area contributed by atoms with Gasteiger partial charge in [-0.05, 0) is 54.9 Å². The summed E-state index contributed by atoms with van der Waals surface area (Å²) < 4.78 is 27.3. The lowest BCUT2D eigenvalue weighted by Gasteiger charge is -2.22. The second kappa shape index (κ2) is 8.01. The van der Waals surface area contributed by atoms with Crippen LogP contribution in [0.25, 0.3) is 0 Å². The summed E-state index contributed by atoms with van der Waals surface area (Å²) in [4.78, 5) is 29.4. The fourth-order valence-electron chi connectivity index (χ4n) is 3.56. The van der Waals surface area contributed by atoms with E-state index in [4.69, 9.17) is 0 Å². The third-order valence-corrected chi connectivity index (χ3v) is 7.50. The van der Waals surface area contributed by atoms with E-state index in [1.54, 1.807) is 25.2 Å². The van der Waals surface area contributed by atoms with Crippen LogP contribution in [0.4, 0.5) is 11.4 Å². The molecule has 0 radical (unpaired) electrons. The summed E-state index contributed by atoms with van der Waals surface area (Å²) in [6.07, 6.45) is 0. The van der Waals surface area contributed by atoms with Crippen LogP contribution in [-0.2, 0) is 14.8 Å². The number of fused-ring (bicyclic) bond motifs is 3. The van der Waals surface area contributed by atoms with Gasteiger partial charge in [0.15, 0.2) is 5.17 Å². The maximum atomic E-state index is 12.9. The van der Waals surface area contributed by atoms with Gasteiger partial charge in [0.25, 0.3) is 15.9 Å². The lowest BCUT2D eigenvalue weighted by molar-refractivity contribution is -0.116. The number of hydrogen-bond donors (Lipinski definition) is 1. The Bertz CT molecular complexity index is 1200. The number of carbonyl (C=O) groups is 2. The minimum Gasteiger partial charge on any atom is -0.332 e. The van der Waals surface area contributed by atoms with E-state index >= 15 is 0 Å². The minimum absolute atomic E-state index is 0.0323. The highest BCUT2D eigenvalue weighted by Gasteiger charge is 2.33. The van der Waals surface area contributed by atoms with E-state index in [9.17, 15) is 18.0 Å². The average Bonchev–Trinajstić information content (AvgIpc) is 3.05. The molecule has 0 atom stereocenters. The largest absolute Gasteiger partial charge is 0.332 e. The van der Waals surface area contributed by atoms with E-state index < -0.39 is 10.0 Å². The number of anilines is 2. The number of aryl methyl sites for hydroxylation is 2. The summed E-state index contributed by atoms with van der Waals surface area (Å²) in [6.45, 7) is 4.09. The summed E-state index contributed by atoms with van der Waals surface area (Å²) in [5, 5.41) is 3.29. The zero-order valence-corrected chi connectivity index (χ0v) is 19.0. The van der Waals surface area contributed by atoms with Crippen molar-refractivity contribution < 1.29 is 18.0 Å². The quantitative estimate of drug-likeness (QED) is 0.756. The third-order valence-electron chi connectivity index (χ3n) is 5.19. The summed E-state index contributed by atoms with van der Waals surface area (Å²) in [5.74, 6) is -0.602. The summed E-state index contributed by atoms with van der Waals surface area (Å²) in [5.41, 5.74) is 3.94. The highest BCUT2D eigenvalue weighted by atomic mass is 32.2. The van der Waals surface area contributed by atoms with Crippen LogP contribution in [0.3, 0.4) is 0 Å². The predicted molar refractivity (Wildman–Crippen MR) is 122 cm³/mol. The molecule has 0 aromatic heterocycles. The van der Waals surface area contributed by atoms with E-state index in [1.165, 1.54) is 16.7 Å². The van der Waals surface area contributed by atoms with Crippen molar-refractivity contribution in [1.82, 2.24) is 4.90 Å². The zero-order valence-electron chi connectivity index (χ0n) is 17.4. The molecule has 2 heterocycles. The summed E-state index contributed by atoms with van der Waals surface area (Å²) >= 11 is 1.23. The third kappa shape index (κ3) is 4.31. The maximum absolute atomic E-state index is 12.9. The molecule has 4 rings (SSSR count). The fraction of sp³-hybridized carbons (Fsp3) is 0.286. The molecule has 8 nitrogen and oxygen atoms in total. The smallest absolute Gasteiger partial charge is 0.257 e. The molecular weight excluding hydrogens is 436 g/mol. The summed E-state index contributed by atoms with van der Waals surface area (Å²) in [6, 6.07) is 11.0. The number of carbonyl (C=O) groups excluding carboxylic acids is 2. The van der Waals surface area contributed by atoms with Crippen LogP contribution in [0, 0.1) is 13.8 Å². The predicted octanol–water partition coefficient (Wildman–Crippen LogP) is 2.63. The molecule has 0 fully saturated rings. The molecule has 1 N–H and O–H groups in total. The Morgan fingerprint density at radius 2 is 1.90 bits per heavy atom. The number of nitrogens with one attached hydrogen (secondary N) is 1. The number of likely N-dealkylation sites (N-methyl/N-ethyl adjacent to an activating group) is 1. The van der Waals surface area contributed by atoms with E-state index in [0.717, 1.165) is 27.4 Å². The molecule has 162 valence electrons. The van der Waals surface area contributed by atoms with Gasteiger partial charge in [0.1, 0.15) is 0 Å². The number of rotatable bonds is 4. The number of sulfonamides is 1. The van der Waals surface area contributed by atoms with Crippen molar-refractivity contribution in [2.45, 2.75) is 18.7 Å². The van der Waals surface area contributed by atoms with Gasteiger partial charge >= 0.3 is 0 Å². The lowest BCUT2D eigenvalue weighted by atomic mass is 10.1. The van der Waals surface area contributed by atoms with Crippen molar-refractivity contribution in [1.29, 1.82) is 0 Å². The number of thioether (sulfide) groups is 1. The first-order valence-corrected chi connectivity index (χ1v) is 12.1. The first-order valence-electron chi connectivity index (χ1n) is 9.68. The van der Waals surface area contributed by atoms with E-state index in [1.807, 2.05) is 36.9 Å². The molecule has 0 spiro atoms. The van der Waals surface area contributed by atoms with E-state index in [-0.39, 0.29) is 24.1 Å². The van der Waals surface area contributed by atoms with Gasteiger partial charge in [-0.1, -0.05) is 18.2 Å². The van der Waals surface area contributed by atoms with Crippen LogP contribution in [0.2, 0.25) is 0 Å². The summed E-state index contributed by atoms with van der Waals surface area (Å²) in [7, 11) is -1.86. The highest BCUT2D eigenvalue weighted by molar-refractivity contribution is 8.15. The van der Waals surface area contributed by atoms with Crippen molar-refractivity contribution in [3.63, 3.8) is 0 Å². The van der Waals surface area contributed by atoms with Gasteiger partial charge < -0.3 is 15.1 Å². The van der Waals surface area contributed by atoms with Crippen LogP contribution < -0.4 is 10.2 Å². The first kappa shape index (κ1) is 21.4. The van der Waals surface area contributed by atoms with Gasteiger partial charge in [0, 0.05) is 29.7 Å². The van der Waals surface area contributed by atoms with Crippen molar-refractivity contribution in [2.24, 2.45) is 4.40 Å². The van der Waals surface area contributed by atoms with Gasteiger partial charge in [0.05, 0.1) is 18.0 Å². The second-order valence-corrected chi connectivity index (χ2v) is 10.3. The Labute approximate surface area is 185 Å². The number of nitrogens with zero attached hydrogens (tertiary/aromatic N) is 3. The molecular formula is C21H22N4O4S2. The van der Waals surface area contributed by atoms with Gasteiger partial charge in [0.2, 0.25) is 5.91 Å². The average molecular weight is 459 g/mol. The first-order chi connectivity index (χ1) is 14.6. The normalized spacial score (nSPS) is 16.2. The molecule has 0 aliphatic carbocycles. The topological polar surface area (TPSA) is 99.1 Å². The number of amidine groups is 1. The van der Waals surface area contributed by atoms with E-state index in [2.05, 4.69) is 9.71 Å². The Hall–Kier alpha value is -2.85. The molecule has 0 bridgehead atoms. The highest BCUT2D eigenvalue weighted by Crippen LogP contribution is 2.42. The van der Waals surface area contributed by atoms with Gasteiger partial charge in [-0.2, -0.15) is 0 Å². The molecule has 0 saturated heterocycles. The molecule has 2 aliphatic rings. The van der Waals surface area contributed by atoms with Crippen molar-refractivity contribution in [3.05, 3.63) is 53.1 Å². The van der Waals surface area contributed by atoms with Gasteiger partial charge in [-0.15, -0.1) is 4.40 Å². The van der Waals surface area contributed by atoms with Crippen LogP contribution in [0.1, 0.15) is 21.5 Å². The molecule has 31 heavy (non-hydrogen) atoms. The zero-order chi connectivity index (χ0) is 22.3. The number of para-hydroxylation sites is 1. The Kier molecular flexibility index (Phi) is 5.52. The van der Waals surface area contributed by atoms with Crippen molar-refractivity contribution >= 4 is 50.1 Å². The van der Waals surface area contributed by atoms with Crippen LogP contribution in [-0.4, -0.2) is 56.2 Å². The van der Waals surface area contributed by atoms with Crippen LogP contribution in [0.15, 0.2) is 45.7 Å². The Morgan fingerprint density at radius 1 is 1.19 bits per heavy atom. The maximum Gasteiger partial charge on any atom is 0.257 e. The lowest BCUT2D eigenvalue weighted by Crippen LogP contribution is -2.35. The van der Waals surface area contributed by atoms with Crippen molar-refractivity contribution in [3.8, 4) is 0 Å². The Balaban J connectivity index is 1.46. The molecule has 2 aromatic rings. The number of amides is 2. The standard InChI is InChI=1S/C21H22N4O4S2/c1-13-5-4-6-14(2)19(13)22-18(26)12-24(3)20(27)15-7-8-16-17(11-15)30-21-23-31(28,29)10-9-25(16)21/h4-8,11H,9-10,12H2,1-3H3,(H,22,26). The molecule has 0 unspecified atom stereocenters. The molecule has 2 aromatic carbocycles. The SMILES string of the molecule is Cc1cccc(C)c1NC(=O)CN(C)C(=O)c1ccc2c(c1)SC1=NS(=O)(=O)CCN12. The van der Waals surface area contributed by atoms with Crippen molar-refractivity contribution in [2.75, 3.05) is 36.1 Å².